The minimum atomic E-state index is -0.121. The van der Waals surface area contributed by atoms with Crippen LogP contribution in [0.25, 0.3) is 0 Å². The Bertz CT molecular complexity index is 231. The zero-order valence-electron chi connectivity index (χ0n) is 7.96. The minimum Gasteiger partial charge on any atom is -0.323 e. The van der Waals surface area contributed by atoms with Crippen LogP contribution in [0.2, 0.25) is 0 Å². The van der Waals surface area contributed by atoms with Crippen LogP contribution >= 0.6 is 0 Å². The van der Waals surface area contributed by atoms with Gasteiger partial charge in [0, 0.05) is 21.9 Å². The van der Waals surface area contributed by atoms with Gasteiger partial charge >= 0.3 is 0 Å². The molecule has 66 valence electrons. The van der Waals surface area contributed by atoms with E-state index >= 15 is 0 Å². The second-order valence-corrected chi connectivity index (χ2v) is 4.56. The number of nitrogens with zero attached hydrogens (tertiary/aromatic N) is 1. The predicted octanol–water partition coefficient (Wildman–Crippen LogP) is 0.443. The van der Waals surface area contributed by atoms with Crippen LogP contribution in [0, 0.1) is 11.3 Å². The van der Waals surface area contributed by atoms with E-state index in [4.69, 9.17) is 11.0 Å². The molecule has 0 bridgehead atoms. The first-order chi connectivity index (χ1) is 5.61. The van der Waals surface area contributed by atoms with Crippen LogP contribution in [0.4, 0.5) is 0 Å². The molecule has 0 aliphatic heterocycles. The molecule has 2 N–H and O–H groups in total. The lowest BCUT2D eigenvalue weighted by Gasteiger charge is -2.06. The lowest BCUT2D eigenvalue weighted by Crippen LogP contribution is -2.21. The van der Waals surface area contributed by atoms with E-state index in [9.17, 15) is 0 Å². The molecule has 0 aliphatic carbocycles. The van der Waals surface area contributed by atoms with Gasteiger partial charge in [-0.05, 0) is 20.3 Å². The first kappa shape index (κ1) is 11.1. The molecule has 3 heteroatoms. The Balaban J connectivity index is 4.15. The van der Waals surface area contributed by atoms with Crippen LogP contribution < -0.4 is 5.73 Å². The molecule has 1 atom stereocenters. The summed E-state index contributed by atoms with van der Waals surface area (Å²) in [6.07, 6.45) is 4.67. The van der Waals surface area contributed by atoms with E-state index < -0.39 is 0 Å². The molecular weight excluding hydrogens is 164 g/mol. The third kappa shape index (κ3) is 4.11. The standard InChI is InChI=1S/C9H16N2Si/c1-3-8(6-10)9(11)5-4-7(2)12/h3-4,9H,5,11H2,1-2,12H3/b7-4+,8-3+. The van der Waals surface area contributed by atoms with E-state index in [2.05, 4.69) is 19.1 Å². The molecule has 0 aromatic heterocycles. The van der Waals surface area contributed by atoms with Crippen molar-refractivity contribution in [2.24, 2.45) is 5.73 Å². The Labute approximate surface area is 77.2 Å². The maximum absolute atomic E-state index is 8.65. The highest BCUT2D eigenvalue weighted by atomic mass is 28.1. The third-order valence-corrected chi connectivity index (χ3v) is 2.03. The zero-order chi connectivity index (χ0) is 9.56. The highest BCUT2D eigenvalue weighted by Gasteiger charge is 2.04. The highest BCUT2D eigenvalue weighted by molar-refractivity contribution is 6.21. The molecule has 0 rings (SSSR count). The minimum absolute atomic E-state index is 0.121. The average molecular weight is 180 g/mol. The van der Waals surface area contributed by atoms with Crippen molar-refractivity contribution in [3.8, 4) is 6.07 Å². The summed E-state index contributed by atoms with van der Waals surface area (Å²) in [5, 5.41) is 10.0. The summed E-state index contributed by atoms with van der Waals surface area (Å²) in [6, 6.07) is 1.97. The molecule has 0 radical (unpaired) electrons. The molecule has 0 aromatic carbocycles. The van der Waals surface area contributed by atoms with E-state index in [-0.39, 0.29) is 6.04 Å². The number of allylic oxidation sites excluding steroid dienone is 2. The summed E-state index contributed by atoms with van der Waals surface area (Å²) in [4.78, 5) is 0. The molecule has 0 saturated heterocycles. The number of nitriles is 1. The Morgan fingerprint density at radius 3 is 2.67 bits per heavy atom. The van der Waals surface area contributed by atoms with Gasteiger partial charge in [-0.1, -0.05) is 17.3 Å². The number of hydrogen-bond acceptors (Lipinski definition) is 2. The second-order valence-electron chi connectivity index (χ2n) is 2.98. The smallest absolute Gasteiger partial charge is 0.0960 e. The Kier molecular flexibility index (Phi) is 5.34. The van der Waals surface area contributed by atoms with Gasteiger partial charge in [-0.25, -0.2) is 0 Å². The monoisotopic (exact) mass is 180 g/mol. The van der Waals surface area contributed by atoms with Gasteiger partial charge in [0.1, 0.15) is 0 Å². The van der Waals surface area contributed by atoms with E-state index in [0.29, 0.717) is 5.57 Å². The SMILES string of the molecule is C/C=C(\C#N)C(N)C/C=C(\C)[SiH3]. The zero-order valence-corrected chi connectivity index (χ0v) is 9.96. The van der Waals surface area contributed by atoms with Gasteiger partial charge in [0.2, 0.25) is 0 Å². The average Bonchev–Trinajstić information content (AvgIpc) is 2.03. The molecule has 0 aromatic rings. The van der Waals surface area contributed by atoms with E-state index in [1.54, 1.807) is 6.08 Å². The molecule has 0 heterocycles. The van der Waals surface area contributed by atoms with Gasteiger partial charge in [0.25, 0.3) is 0 Å². The second kappa shape index (κ2) is 5.75. The van der Waals surface area contributed by atoms with Gasteiger partial charge in [-0.15, -0.1) is 0 Å². The highest BCUT2D eigenvalue weighted by Crippen LogP contribution is 2.04. The van der Waals surface area contributed by atoms with E-state index in [0.717, 1.165) is 16.7 Å². The summed E-state index contributed by atoms with van der Waals surface area (Å²) in [6.45, 7) is 3.93. The van der Waals surface area contributed by atoms with Crippen LogP contribution in [0.15, 0.2) is 22.9 Å². The number of nitrogens with two attached hydrogens (primary N) is 1. The fourth-order valence-corrected chi connectivity index (χ4v) is 1.09. The van der Waals surface area contributed by atoms with E-state index in [1.165, 1.54) is 5.20 Å². The molecule has 12 heavy (non-hydrogen) atoms. The summed E-state index contributed by atoms with van der Waals surface area (Å²) < 4.78 is 0. The molecule has 0 aliphatic rings. The molecule has 0 fully saturated rings. The summed E-state index contributed by atoms with van der Waals surface area (Å²) >= 11 is 0. The largest absolute Gasteiger partial charge is 0.323 e. The Morgan fingerprint density at radius 1 is 1.75 bits per heavy atom. The van der Waals surface area contributed by atoms with Gasteiger partial charge in [0.05, 0.1) is 6.07 Å². The maximum atomic E-state index is 8.65. The third-order valence-electron chi connectivity index (χ3n) is 1.62. The van der Waals surface area contributed by atoms with Crippen molar-refractivity contribution in [1.29, 1.82) is 5.26 Å². The van der Waals surface area contributed by atoms with Crippen molar-refractivity contribution in [1.82, 2.24) is 0 Å². The fraction of sp³-hybridized carbons (Fsp3) is 0.444. The van der Waals surface area contributed by atoms with Crippen molar-refractivity contribution >= 4 is 10.2 Å². The summed E-state index contributed by atoms with van der Waals surface area (Å²) in [5.74, 6) is 0. The number of hydrogen-bond donors (Lipinski definition) is 1. The Hall–Kier alpha value is -0.853. The molecule has 0 saturated carbocycles. The van der Waals surface area contributed by atoms with Gasteiger partial charge in [-0.3, -0.25) is 0 Å². The molecule has 0 spiro atoms. The van der Waals surface area contributed by atoms with Crippen LogP contribution in [-0.2, 0) is 0 Å². The molecular formula is C9H16N2Si. The molecule has 1 unspecified atom stereocenters. The van der Waals surface area contributed by atoms with Crippen molar-refractivity contribution in [3.63, 3.8) is 0 Å². The van der Waals surface area contributed by atoms with Crippen molar-refractivity contribution in [3.05, 3.63) is 22.9 Å². The lowest BCUT2D eigenvalue weighted by atomic mass is 10.1. The Morgan fingerprint density at radius 2 is 2.33 bits per heavy atom. The topological polar surface area (TPSA) is 49.8 Å². The quantitative estimate of drug-likeness (QED) is 0.506. The van der Waals surface area contributed by atoms with E-state index in [1.807, 2.05) is 6.92 Å². The summed E-state index contributed by atoms with van der Waals surface area (Å²) in [5.41, 5.74) is 6.44. The molecule has 2 nitrogen and oxygen atoms in total. The summed E-state index contributed by atoms with van der Waals surface area (Å²) in [7, 11) is 1.08. The van der Waals surface area contributed by atoms with Crippen LogP contribution in [0.5, 0.6) is 0 Å². The van der Waals surface area contributed by atoms with Crippen molar-refractivity contribution < 1.29 is 0 Å². The van der Waals surface area contributed by atoms with Gasteiger partial charge in [0.15, 0.2) is 0 Å². The van der Waals surface area contributed by atoms with Crippen molar-refractivity contribution in [2.45, 2.75) is 26.3 Å². The lowest BCUT2D eigenvalue weighted by molar-refractivity contribution is 0.802. The first-order valence-electron chi connectivity index (χ1n) is 4.07. The van der Waals surface area contributed by atoms with Crippen LogP contribution in [0.1, 0.15) is 20.3 Å². The number of rotatable bonds is 3. The van der Waals surface area contributed by atoms with Gasteiger partial charge in [-0.2, -0.15) is 5.26 Å². The van der Waals surface area contributed by atoms with Gasteiger partial charge < -0.3 is 5.73 Å². The maximum Gasteiger partial charge on any atom is 0.0960 e. The predicted molar refractivity (Wildman–Crippen MR) is 55.7 cm³/mol. The normalized spacial score (nSPS) is 15.8. The molecule has 0 amide bonds. The van der Waals surface area contributed by atoms with Crippen LogP contribution in [0.3, 0.4) is 0 Å². The first-order valence-corrected chi connectivity index (χ1v) is 5.07. The van der Waals surface area contributed by atoms with Crippen molar-refractivity contribution in [2.75, 3.05) is 0 Å². The fourth-order valence-electron chi connectivity index (χ4n) is 0.851. The van der Waals surface area contributed by atoms with Crippen LogP contribution in [-0.4, -0.2) is 16.3 Å².